The van der Waals surface area contributed by atoms with E-state index in [1.54, 1.807) is 24.6 Å². The highest BCUT2D eigenvalue weighted by Gasteiger charge is 2.21. The first kappa shape index (κ1) is 18.1. The maximum absolute atomic E-state index is 12.2. The van der Waals surface area contributed by atoms with Crippen molar-refractivity contribution in [2.75, 3.05) is 27.3 Å². The van der Waals surface area contributed by atoms with Crippen LogP contribution in [-0.2, 0) is 19.6 Å². The minimum absolute atomic E-state index is 0.0462. The van der Waals surface area contributed by atoms with E-state index in [-0.39, 0.29) is 11.9 Å². The average Bonchev–Trinajstić information content (AvgIpc) is 2.93. The van der Waals surface area contributed by atoms with Crippen LogP contribution in [0.15, 0.2) is 21.7 Å². The summed E-state index contributed by atoms with van der Waals surface area (Å²) in [5.74, 6) is -0.0959. The Bertz CT molecular complexity index is 528. The van der Waals surface area contributed by atoms with Crippen LogP contribution in [-0.4, -0.2) is 52.0 Å². The minimum Gasteiger partial charge on any atom is -0.383 e. The lowest BCUT2D eigenvalue weighted by molar-refractivity contribution is -0.122. The summed E-state index contributed by atoms with van der Waals surface area (Å²) in [7, 11) is -0.320. The first-order chi connectivity index (χ1) is 9.87. The summed E-state index contributed by atoms with van der Waals surface area (Å²) in [6, 6.07) is 3.24. The lowest BCUT2D eigenvalue weighted by atomic mass is 10.2. The fourth-order valence-corrected chi connectivity index (χ4v) is 4.20. The molecular formula is C13H22N2O4S2. The monoisotopic (exact) mass is 334 g/mol. The second-order valence-corrected chi connectivity index (χ2v) is 8.01. The van der Waals surface area contributed by atoms with Crippen LogP contribution >= 0.6 is 11.3 Å². The topological polar surface area (TPSA) is 75.7 Å². The number of hydrogen-bond donors (Lipinski definition) is 1. The molecule has 0 saturated heterocycles. The van der Waals surface area contributed by atoms with E-state index in [2.05, 4.69) is 5.32 Å². The number of sulfonamides is 1. The third-order valence-corrected chi connectivity index (χ3v) is 6.09. The molecule has 1 rings (SSSR count). The van der Waals surface area contributed by atoms with Crippen LogP contribution in [0.25, 0.3) is 0 Å². The molecule has 0 radical (unpaired) electrons. The van der Waals surface area contributed by atoms with Crippen molar-refractivity contribution in [3.8, 4) is 0 Å². The number of carbonyl (C=O) groups excluding carboxylic acids is 1. The van der Waals surface area contributed by atoms with Crippen molar-refractivity contribution in [3.63, 3.8) is 0 Å². The Hall–Kier alpha value is -0.960. The van der Waals surface area contributed by atoms with Crippen LogP contribution in [0.3, 0.4) is 0 Å². The zero-order valence-corrected chi connectivity index (χ0v) is 14.2. The second-order valence-electron chi connectivity index (χ2n) is 4.79. The maximum atomic E-state index is 12.2. The van der Waals surface area contributed by atoms with Crippen LogP contribution < -0.4 is 5.32 Å². The molecule has 21 heavy (non-hydrogen) atoms. The first-order valence-electron chi connectivity index (χ1n) is 6.66. The molecule has 0 aliphatic carbocycles. The molecule has 6 nitrogen and oxygen atoms in total. The van der Waals surface area contributed by atoms with Gasteiger partial charge in [-0.05, 0) is 24.8 Å². The van der Waals surface area contributed by atoms with Gasteiger partial charge in [-0.1, -0.05) is 6.07 Å². The first-order valence-corrected chi connectivity index (χ1v) is 8.98. The molecule has 1 N–H and O–H groups in total. The van der Waals surface area contributed by atoms with E-state index < -0.39 is 10.0 Å². The summed E-state index contributed by atoms with van der Waals surface area (Å²) in [5.41, 5.74) is 0. The quantitative estimate of drug-likeness (QED) is 0.738. The SMILES string of the molecule is COCC(C)NC(=O)CCCN(C)S(=O)(=O)c1cccs1. The molecule has 1 aromatic rings. The number of nitrogens with one attached hydrogen (secondary N) is 1. The standard InChI is InChI=1S/C13H22N2O4S2/c1-11(10-19-3)14-12(16)6-4-8-15(2)21(17,18)13-7-5-9-20-13/h5,7,9,11H,4,6,8,10H2,1-3H3,(H,14,16). The third-order valence-electron chi connectivity index (χ3n) is 2.86. The van der Waals surface area contributed by atoms with E-state index in [9.17, 15) is 13.2 Å². The van der Waals surface area contributed by atoms with Gasteiger partial charge in [0.05, 0.1) is 6.61 Å². The molecule has 0 aliphatic rings. The predicted molar refractivity (Wildman–Crippen MR) is 82.8 cm³/mol. The summed E-state index contributed by atoms with van der Waals surface area (Å²) in [5, 5.41) is 4.52. The zero-order chi connectivity index (χ0) is 15.9. The smallest absolute Gasteiger partial charge is 0.252 e. The predicted octanol–water partition coefficient (Wildman–Crippen LogP) is 1.30. The van der Waals surface area contributed by atoms with E-state index in [1.165, 1.54) is 22.7 Å². The van der Waals surface area contributed by atoms with Gasteiger partial charge in [0.15, 0.2) is 0 Å². The zero-order valence-electron chi connectivity index (χ0n) is 12.5. The van der Waals surface area contributed by atoms with Crippen LogP contribution in [0.5, 0.6) is 0 Å². The number of hydrogen-bond acceptors (Lipinski definition) is 5. The van der Waals surface area contributed by atoms with Gasteiger partial charge in [-0.2, -0.15) is 0 Å². The van der Waals surface area contributed by atoms with Gasteiger partial charge >= 0.3 is 0 Å². The summed E-state index contributed by atoms with van der Waals surface area (Å²) in [6.45, 7) is 2.62. The van der Waals surface area contributed by atoms with Gasteiger partial charge in [-0.15, -0.1) is 11.3 Å². The highest BCUT2D eigenvalue weighted by molar-refractivity contribution is 7.91. The average molecular weight is 334 g/mol. The molecule has 8 heteroatoms. The normalized spacial score (nSPS) is 13.3. The van der Waals surface area contributed by atoms with E-state index in [0.29, 0.717) is 30.2 Å². The number of methoxy groups -OCH3 is 1. The van der Waals surface area contributed by atoms with Crippen molar-refractivity contribution in [2.24, 2.45) is 0 Å². The number of rotatable bonds is 9. The molecule has 0 aromatic carbocycles. The summed E-state index contributed by atoms with van der Waals surface area (Å²) < 4.78 is 30.8. The Kier molecular flexibility index (Phi) is 7.30. The van der Waals surface area contributed by atoms with Gasteiger partial charge in [0.1, 0.15) is 4.21 Å². The van der Waals surface area contributed by atoms with Crippen LogP contribution in [0.2, 0.25) is 0 Å². The number of thiophene rings is 1. The number of carbonyl (C=O) groups is 1. The Morgan fingerprint density at radius 2 is 2.24 bits per heavy atom. The van der Waals surface area contributed by atoms with Gasteiger partial charge in [-0.3, -0.25) is 4.79 Å². The van der Waals surface area contributed by atoms with Crippen molar-refractivity contribution in [1.29, 1.82) is 0 Å². The summed E-state index contributed by atoms with van der Waals surface area (Å²) in [6.07, 6.45) is 0.769. The van der Waals surface area contributed by atoms with Crippen molar-refractivity contribution in [1.82, 2.24) is 9.62 Å². The lowest BCUT2D eigenvalue weighted by Crippen LogP contribution is -2.36. The van der Waals surface area contributed by atoms with E-state index >= 15 is 0 Å². The Labute approximate surface area is 130 Å². The van der Waals surface area contributed by atoms with Crippen molar-refractivity contribution in [3.05, 3.63) is 17.5 Å². The van der Waals surface area contributed by atoms with Crippen LogP contribution in [0.4, 0.5) is 0 Å². The van der Waals surface area contributed by atoms with Gasteiger partial charge in [0.25, 0.3) is 10.0 Å². The van der Waals surface area contributed by atoms with Gasteiger partial charge in [-0.25, -0.2) is 12.7 Å². The minimum atomic E-state index is -3.43. The molecule has 0 saturated carbocycles. The van der Waals surface area contributed by atoms with E-state index in [1.807, 2.05) is 6.92 Å². The highest BCUT2D eigenvalue weighted by atomic mass is 32.2. The third kappa shape index (κ3) is 5.74. The molecule has 120 valence electrons. The largest absolute Gasteiger partial charge is 0.383 e. The molecule has 0 spiro atoms. The number of ether oxygens (including phenoxy) is 1. The Morgan fingerprint density at radius 1 is 1.52 bits per heavy atom. The van der Waals surface area contributed by atoms with Gasteiger partial charge < -0.3 is 10.1 Å². The van der Waals surface area contributed by atoms with Crippen LogP contribution in [0.1, 0.15) is 19.8 Å². The van der Waals surface area contributed by atoms with Crippen molar-refractivity contribution < 1.29 is 17.9 Å². The maximum Gasteiger partial charge on any atom is 0.252 e. The number of nitrogens with zero attached hydrogens (tertiary/aromatic N) is 1. The van der Waals surface area contributed by atoms with E-state index in [0.717, 1.165) is 0 Å². The molecule has 0 aliphatic heterocycles. The van der Waals surface area contributed by atoms with E-state index in [4.69, 9.17) is 4.74 Å². The summed E-state index contributed by atoms with van der Waals surface area (Å²) in [4.78, 5) is 11.7. The van der Waals surface area contributed by atoms with Gasteiger partial charge in [0, 0.05) is 33.2 Å². The molecular weight excluding hydrogens is 312 g/mol. The highest BCUT2D eigenvalue weighted by Crippen LogP contribution is 2.19. The van der Waals surface area contributed by atoms with Gasteiger partial charge in [0.2, 0.25) is 5.91 Å². The van der Waals surface area contributed by atoms with Crippen molar-refractivity contribution >= 4 is 27.3 Å². The number of amides is 1. The second kappa shape index (κ2) is 8.47. The molecule has 1 amide bonds. The van der Waals surface area contributed by atoms with Crippen molar-refractivity contribution in [2.45, 2.75) is 30.0 Å². The molecule has 0 fully saturated rings. The fourth-order valence-electron chi connectivity index (χ4n) is 1.78. The molecule has 1 aromatic heterocycles. The molecule has 1 heterocycles. The van der Waals surface area contributed by atoms with Crippen LogP contribution in [0, 0.1) is 0 Å². The lowest BCUT2D eigenvalue weighted by Gasteiger charge is -2.16. The Morgan fingerprint density at radius 3 is 2.81 bits per heavy atom. The Balaban J connectivity index is 2.37. The summed E-state index contributed by atoms with van der Waals surface area (Å²) >= 11 is 1.19. The molecule has 1 unspecified atom stereocenters. The molecule has 0 bridgehead atoms. The fraction of sp³-hybridized carbons (Fsp3) is 0.615. The molecule has 1 atom stereocenters.